The van der Waals surface area contributed by atoms with Crippen molar-refractivity contribution in [3.05, 3.63) is 94.5 Å². The molecule has 0 aliphatic heterocycles. The summed E-state index contributed by atoms with van der Waals surface area (Å²) in [6, 6.07) is 19.8. The van der Waals surface area contributed by atoms with Gasteiger partial charge in [-0.15, -0.1) is 0 Å². The zero-order valence-electron chi connectivity index (χ0n) is 21.0. The maximum absolute atomic E-state index is 13.2. The van der Waals surface area contributed by atoms with Crippen LogP contribution in [0.1, 0.15) is 78.9 Å². The monoisotopic (exact) mass is 458 g/mol. The number of hydrogen-bond acceptors (Lipinski definition) is 4. The summed E-state index contributed by atoms with van der Waals surface area (Å²) in [5.41, 5.74) is 3.52. The SMILES string of the molecule is CCc1cc(C(C)(C)C)c(CC(C)C)c(OC(=O)c2ccccc2)c1OC(=O)c1ccccc1. The first-order valence-corrected chi connectivity index (χ1v) is 11.9. The molecule has 0 saturated heterocycles. The molecule has 34 heavy (non-hydrogen) atoms. The van der Waals surface area contributed by atoms with Gasteiger partial charge in [0.15, 0.2) is 11.5 Å². The van der Waals surface area contributed by atoms with Crippen molar-refractivity contribution in [2.24, 2.45) is 5.92 Å². The van der Waals surface area contributed by atoms with E-state index < -0.39 is 11.9 Å². The molecule has 0 fully saturated rings. The third-order valence-corrected chi connectivity index (χ3v) is 5.63. The smallest absolute Gasteiger partial charge is 0.343 e. The second kappa shape index (κ2) is 10.7. The summed E-state index contributed by atoms with van der Waals surface area (Å²) < 4.78 is 12.0. The molecule has 3 aromatic rings. The Hall–Kier alpha value is -3.40. The summed E-state index contributed by atoms with van der Waals surface area (Å²) in [6.45, 7) is 12.7. The first-order valence-electron chi connectivity index (χ1n) is 11.9. The van der Waals surface area contributed by atoms with Crippen LogP contribution in [0.2, 0.25) is 0 Å². The Morgan fingerprint density at radius 2 is 1.26 bits per heavy atom. The Kier molecular flexibility index (Phi) is 7.93. The topological polar surface area (TPSA) is 52.6 Å². The normalized spacial score (nSPS) is 11.4. The molecule has 4 nitrogen and oxygen atoms in total. The van der Waals surface area contributed by atoms with Gasteiger partial charge in [-0.1, -0.05) is 84.0 Å². The van der Waals surface area contributed by atoms with E-state index in [2.05, 4.69) is 40.7 Å². The highest BCUT2D eigenvalue weighted by atomic mass is 16.6. The summed E-state index contributed by atoms with van der Waals surface area (Å²) in [7, 11) is 0. The summed E-state index contributed by atoms with van der Waals surface area (Å²) in [5.74, 6) is 0.0165. The van der Waals surface area contributed by atoms with E-state index in [1.165, 1.54) is 0 Å². The van der Waals surface area contributed by atoms with E-state index in [-0.39, 0.29) is 5.41 Å². The van der Waals surface area contributed by atoms with Gasteiger partial charge in [-0.2, -0.15) is 0 Å². The average Bonchev–Trinajstić information content (AvgIpc) is 2.81. The van der Waals surface area contributed by atoms with Crippen LogP contribution in [-0.2, 0) is 18.3 Å². The molecule has 3 rings (SSSR count). The Morgan fingerprint density at radius 1 is 0.794 bits per heavy atom. The molecular weight excluding hydrogens is 424 g/mol. The number of benzene rings is 3. The number of carbonyl (C=O) groups excluding carboxylic acids is 2. The second-order valence-corrected chi connectivity index (χ2v) is 9.93. The van der Waals surface area contributed by atoms with E-state index in [1.54, 1.807) is 48.5 Å². The standard InChI is InChI=1S/C30H34O4/c1-7-21-19-25(30(4,5)6)24(18-20(2)3)27(34-29(32)23-16-12-9-13-17-23)26(21)33-28(31)22-14-10-8-11-15-22/h8-17,19-20H,7,18H2,1-6H3. The summed E-state index contributed by atoms with van der Waals surface area (Å²) >= 11 is 0. The van der Waals surface area contributed by atoms with Crippen LogP contribution in [0.5, 0.6) is 11.5 Å². The van der Waals surface area contributed by atoms with Gasteiger partial charge in [0.2, 0.25) is 0 Å². The molecule has 0 spiro atoms. The molecule has 0 atom stereocenters. The van der Waals surface area contributed by atoms with Crippen molar-refractivity contribution in [1.29, 1.82) is 0 Å². The molecule has 0 aromatic heterocycles. The lowest BCUT2D eigenvalue weighted by Gasteiger charge is -2.28. The number of aryl methyl sites for hydroxylation is 1. The molecule has 3 aromatic carbocycles. The maximum Gasteiger partial charge on any atom is 0.343 e. The van der Waals surface area contributed by atoms with Crippen molar-refractivity contribution in [2.75, 3.05) is 0 Å². The van der Waals surface area contributed by atoms with Gasteiger partial charge in [0, 0.05) is 5.56 Å². The predicted molar refractivity (Wildman–Crippen MR) is 136 cm³/mol. The van der Waals surface area contributed by atoms with E-state index in [0.29, 0.717) is 41.4 Å². The molecular formula is C30H34O4. The average molecular weight is 459 g/mol. The molecule has 0 amide bonds. The lowest BCUT2D eigenvalue weighted by molar-refractivity contribution is 0.0679. The van der Waals surface area contributed by atoms with Gasteiger partial charge in [-0.05, 0) is 59.6 Å². The largest absolute Gasteiger partial charge is 0.419 e. The Morgan fingerprint density at radius 3 is 1.68 bits per heavy atom. The van der Waals surface area contributed by atoms with Crippen molar-refractivity contribution in [3.8, 4) is 11.5 Å². The van der Waals surface area contributed by atoms with Crippen LogP contribution in [0.4, 0.5) is 0 Å². The van der Waals surface area contributed by atoms with Crippen molar-refractivity contribution in [3.63, 3.8) is 0 Å². The van der Waals surface area contributed by atoms with Crippen LogP contribution < -0.4 is 9.47 Å². The van der Waals surface area contributed by atoms with Crippen molar-refractivity contribution < 1.29 is 19.1 Å². The number of rotatable bonds is 7. The first-order chi connectivity index (χ1) is 16.1. The summed E-state index contributed by atoms with van der Waals surface area (Å²) in [6.07, 6.45) is 1.31. The molecule has 4 heteroatoms. The molecule has 0 aliphatic carbocycles. The van der Waals surface area contributed by atoms with E-state index in [4.69, 9.17) is 9.47 Å². The van der Waals surface area contributed by atoms with Crippen LogP contribution in [0.25, 0.3) is 0 Å². The van der Waals surface area contributed by atoms with E-state index in [9.17, 15) is 9.59 Å². The van der Waals surface area contributed by atoms with Crippen LogP contribution in [-0.4, -0.2) is 11.9 Å². The van der Waals surface area contributed by atoms with Gasteiger partial charge in [0.05, 0.1) is 11.1 Å². The fourth-order valence-electron chi connectivity index (χ4n) is 3.95. The van der Waals surface area contributed by atoms with Crippen LogP contribution in [0.15, 0.2) is 66.7 Å². The van der Waals surface area contributed by atoms with E-state index >= 15 is 0 Å². The minimum Gasteiger partial charge on any atom is -0.419 e. The quantitative estimate of drug-likeness (QED) is 0.278. The minimum absolute atomic E-state index is 0.190. The molecule has 178 valence electrons. The Bertz CT molecular complexity index is 1140. The summed E-state index contributed by atoms with van der Waals surface area (Å²) in [5, 5.41) is 0. The van der Waals surface area contributed by atoms with Gasteiger partial charge >= 0.3 is 11.9 Å². The number of carbonyl (C=O) groups is 2. The Balaban J connectivity index is 2.22. The predicted octanol–water partition coefficient (Wildman–Crippen LogP) is 7.18. The molecule has 0 saturated carbocycles. The lowest BCUT2D eigenvalue weighted by Crippen LogP contribution is -2.21. The summed E-state index contributed by atoms with van der Waals surface area (Å²) in [4.78, 5) is 26.2. The molecule has 0 aliphatic rings. The fraction of sp³-hybridized carbons (Fsp3) is 0.333. The number of hydrogen-bond donors (Lipinski definition) is 0. The van der Waals surface area contributed by atoms with Crippen molar-refractivity contribution in [2.45, 2.75) is 59.8 Å². The zero-order chi connectivity index (χ0) is 24.9. The van der Waals surface area contributed by atoms with Crippen LogP contribution >= 0.6 is 0 Å². The van der Waals surface area contributed by atoms with Gasteiger partial charge in [0.1, 0.15) is 0 Å². The molecule has 0 unspecified atom stereocenters. The second-order valence-electron chi connectivity index (χ2n) is 9.93. The molecule has 0 heterocycles. The third kappa shape index (κ3) is 5.93. The molecule has 0 N–H and O–H groups in total. The highest BCUT2D eigenvalue weighted by molar-refractivity contribution is 5.93. The minimum atomic E-state index is -0.480. The van der Waals surface area contributed by atoms with Gasteiger partial charge in [-0.3, -0.25) is 0 Å². The van der Waals surface area contributed by atoms with Crippen LogP contribution in [0, 0.1) is 5.92 Å². The zero-order valence-corrected chi connectivity index (χ0v) is 21.0. The molecule has 0 radical (unpaired) electrons. The maximum atomic E-state index is 13.2. The van der Waals surface area contributed by atoms with Crippen molar-refractivity contribution >= 4 is 11.9 Å². The highest BCUT2D eigenvalue weighted by Gasteiger charge is 2.29. The first kappa shape index (κ1) is 25.2. The Labute approximate surface area is 202 Å². The van der Waals surface area contributed by atoms with Crippen molar-refractivity contribution in [1.82, 2.24) is 0 Å². The highest BCUT2D eigenvalue weighted by Crippen LogP contribution is 2.43. The van der Waals surface area contributed by atoms with Crippen LogP contribution in [0.3, 0.4) is 0 Å². The van der Waals surface area contributed by atoms with Gasteiger partial charge < -0.3 is 9.47 Å². The third-order valence-electron chi connectivity index (χ3n) is 5.63. The van der Waals surface area contributed by atoms with Gasteiger partial charge in [-0.25, -0.2) is 9.59 Å². The molecule has 0 bridgehead atoms. The number of ether oxygens (including phenoxy) is 2. The lowest BCUT2D eigenvalue weighted by atomic mass is 9.79. The van der Waals surface area contributed by atoms with E-state index in [1.807, 2.05) is 19.1 Å². The fourth-order valence-corrected chi connectivity index (χ4v) is 3.95. The van der Waals surface area contributed by atoms with E-state index in [0.717, 1.165) is 16.7 Å². The number of esters is 2. The van der Waals surface area contributed by atoms with Gasteiger partial charge in [0.25, 0.3) is 0 Å².